The van der Waals surface area contributed by atoms with Gasteiger partial charge in [-0.2, -0.15) is 0 Å². The van der Waals surface area contributed by atoms with Crippen molar-refractivity contribution in [2.24, 2.45) is 0 Å². The number of benzene rings is 2. The third-order valence-electron chi connectivity index (χ3n) is 4.22. The van der Waals surface area contributed by atoms with Crippen molar-refractivity contribution in [2.45, 2.75) is 12.5 Å². The van der Waals surface area contributed by atoms with Gasteiger partial charge in [0, 0.05) is 5.56 Å². The number of methoxy groups -OCH3 is 2. The summed E-state index contributed by atoms with van der Waals surface area (Å²) in [6.07, 6.45) is -0.957. The van der Waals surface area contributed by atoms with Gasteiger partial charge in [-0.05, 0) is 57.3 Å². The van der Waals surface area contributed by atoms with Gasteiger partial charge in [0.25, 0.3) is 0 Å². The summed E-state index contributed by atoms with van der Waals surface area (Å²) in [5.74, 6) is -0.747. The zero-order chi connectivity index (χ0) is 19.9. The van der Waals surface area contributed by atoms with E-state index in [4.69, 9.17) is 14.2 Å². The number of phenolic OH excluding ortho intramolecular Hbond substituents is 2. The van der Waals surface area contributed by atoms with Crippen LogP contribution in [0.5, 0.6) is 23.0 Å². The number of esters is 1. The monoisotopic (exact) mass is 596 g/mol. The van der Waals surface area contributed by atoms with Crippen molar-refractivity contribution >= 4 is 56.9 Å². The normalized spacial score (nSPS) is 15.3. The molecule has 0 fully saturated rings. The molecule has 3 rings (SSSR count). The Bertz CT molecular complexity index is 955. The molecule has 0 spiro atoms. The molecule has 142 valence electrons. The number of cyclic esters (lactones) is 1. The van der Waals surface area contributed by atoms with Gasteiger partial charge in [0.1, 0.15) is 23.2 Å². The van der Waals surface area contributed by atoms with Crippen LogP contribution in [0.15, 0.2) is 18.2 Å². The number of hydrogen-bond acceptors (Lipinski definition) is 7. The van der Waals surface area contributed by atoms with Gasteiger partial charge in [-0.15, -0.1) is 0 Å². The summed E-state index contributed by atoms with van der Waals surface area (Å²) in [7, 11) is 2.88. The van der Waals surface area contributed by atoms with Gasteiger partial charge in [-0.1, -0.05) is 6.07 Å². The van der Waals surface area contributed by atoms with Crippen molar-refractivity contribution < 1.29 is 34.0 Å². The van der Waals surface area contributed by atoms with E-state index >= 15 is 0 Å². The van der Waals surface area contributed by atoms with E-state index in [2.05, 4.69) is 0 Å². The summed E-state index contributed by atoms with van der Waals surface area (Å²) in [6, 6.07) is 4.70. The molecule has 1 unspecified atom stereocenters. The first-order chi connectivity index (χ1) is 12.8. The number of phenols is 2. The molecular formula is C18H14I2O7. The van der Waals surface area contributed by atoms with Crippen molar-refractivity contribution in [3.05, 3.63) is 42.0 Å². The first-order valence-corrected chi connectivity index (χ1v) is 9.84. The van der Waals surface area contributed by atoms with E-state index in [0.29, 0.717) is 14.9 Å². The van der Waals surface area contributed by atoms with Crippen LogP contribution in [0.25, 0.3) is 0 Å². The molecule has 0 radical (unpaired) electrons. The third-order valence-corrected chi connectivity index (χ3v) is 6.06. The number of Topliss-reactive ketones (excluding diaryl/α,β-unsaturated/α-hetero) is 1. The molecule has 1 aliphatic rings. The number of hydrogen-bond donors (Lipinski definition) is 2. The quantitative estimate of drug-likeness (QED) is 0.308. The SMILES string of the molecule is COc1ccc2c(c1OC)C(=O)OC2CC(=O)c1cc(I)c(O)c(I)c1O. The zero-order valence-electron chi connectivity index (χ0n) is 14.2. The van der Waals surface area contributed by atoms with Gasteiger partial charge in [0.05, 0.1) is 33.3 Å². The lowest BCUT2D eigenvalue weighted by atomic mass is 9.97. The van der Waals surface area contributed by atoms with E-state index in [9.17, 15) is 19.8 Å². The molecule has 2 aromatic carbocycles. The molecule has 0 bridgehead atoms. The van der Waals surface area contributed by atoms with E-state index in [-0.39, 0.29) is 38.4 Å². The second-order valence-corrected chi connectivity index (χ2v) is 7.94. The molecule has 0 saturated carbocycles. The highest BCUT2D eigenvalue weighted by atomic mass is 127. The van der Waals surface area contributed by atoms with Crippen LogP contribution < -0.4 is 9.47 Å². The lowest BCUT2D eigenvalue weighted by Crippen LogP contribution is -2.09. The molecular weight excluding hydrogens is 582 g/mol. The molecule has 0 aromatic heterocycles. The van der Waals surface area contributed by atoms with E-state index in [1.54, 1.807) is 34.7 Å². The molecule has 7 nitrogen and oxygen atoms in total. The van der Waals surface area contributed by atoms with Crippen LogP contribution in [0.4, 0.5) is 0 Å². The number of ketones is 1. The van der Waals surface area contributed by atoms with Crippen LogP contribution in [0, 0.1) is 7.14 Å². The minimum atomic E-state index is -0.802. The summed E-state index contributed by atoms with van der Waals surface area (Å²) < 4.78 is 16.5. The average molecular weight is 596 g/mol. The van der Waals surface area contributed by atoms with Gasteiger partial charge in [0.15, 0.2) is 17.3 Å². The van der Waals surface area contributed by atoms with Crippen LogP contribution in [-0.4, -0.2) is 36.2 Å². The summed E-state index contributed by atoms with van der Waals surface area (Å²) >= 11 is 3.64. The maximum absolute atomic E-state index is 12.7. The summed E-state index contributed by atoms with van der Waals surface area (Å²) in [4.78, 5) is 25.0. The fraction of sp³-hybridized carbons (Fsp3) is 0.222. The van der Waals surface area contributed by atoms with E-state index in [1.807, 2.05) is 22.6 Å². The molecule has 0 saturated heterocycles. The van der Waals surface area contributed by atoms with Crippen LogP contribution in [0.1, 0.15) is 38.8 Å². The van der Waals surface area contributed by atoms with Crippen LogP contribution in [0.2, 0.25) is 0 Å². The minimum absolute atomic E-state index is 0.0616. The van der Waals surface area contributed by atoms with E-state index < -0.39 is 17.9 Å². The predicted octanol–water partition coefficient (Wildman–Crippen LogP) is 3.81. The highest BCUT2D eigenvalue weighted by molar-refractivity contribution is 14.1. The summed E-state index contributed by atoms with van der Waals surface area (Å²) in [5.41, 5.74) is 0.814. The number of ether oxygens (including phenoxy) is 3. The van der Waals surface area contributed by atoms with E-state index in [1.165, 1.54) is 20.3 Å². The smallest absolute Gasteiger partial charge is 0.343 e. The number of carbonyl (C=O) groups is 2. The molecule has 9 heteroatoms. The van der Waals surface area contributed by atoms with Gasteiger partial charge < -0.3 is 24.4 Å². The third kappa shape index (κ3) is 3.42. The van der Waals surface area contributed by atoms with Crippen molar-refractivity contribution in [3.8, 4) is 23.0 Å². The van der Waals surface area contributed by atoms with Crippen molar-refractivity contribution in [1.82, 2.24) is 0 Å². The number of carbonyl (C=O) groups excluding carboxylic acids is 2. The molecule has 2 aromatic rings. The molecule has 27 heavy (non-hydrogen) atoms. The van der Waals surface area contributed by atoms with Gasteiger partial charge in [0.2, 0.25) is 0 Å². The fourth-order valence-corrected chi connectivity index (χ4v) is 4.59. The maximum Gasteiger partial charge on any atom is 0.343 e. The fourth-order valence-electron chi connectivity index (χ4n) is 2.91. The Morgan fingerprint density at radius 3 is 2.52 bits per heavy atom. The lowest BCUT2D eigenvalue weighted by molar-refractivity contribution is 0.0365. The highest BCUT2D eigenvalue weighted by Gasteiger charge is 2.37. The molecule has 0 aliphatic carbocycles. The molecule has 1 heterocycles. The average Bonchev–Trinajstić information content (AvgIpc) is 2.97. The zero-order valence-corrected chi connectivity index (χ0v) is 18.5. The van der Waals surface area contributed by atoms with Crippen molar-refractivity contribution in [1.29, 1.82) is 0 Å². The Morgan fingerprint density at radius 1 is 1.19 bits per heavy atom. The number of aromatic hydroxyl groups is 2. The first-order valence-electron chi connectivity index (χ1n) is 7.69. The standard InChI is InChI=1S/C18H14I2O7/c1-25-11-4-3-7-12(27-18(24)13(7)17(11)26-2)6-10(21)8-5-9(19)16(23)14(20)15(8)22/h3-5,12,22-23H,6H2,1-2H3. The number of halogens is 2. The summed E-state index contributed by atoms with van der Waals surface area (Å²) in [6.45, 7) is 0. The largest absolute Gasteiger partial charge is 0.506 e. The van der Waals surface area contributed by atoms with E-state index in [0.717, 1.165) is 0 Å². The Balaban J connectivity index is 1.96. The summed E-state index contributed by atoms with van der Waals surface area (Å²) in [5, 5.41) is 20.1. The first kappa shape index (κ1) is 20.0. The second-order valence-electron chi connectivity index (χ2n) is 5.70. The Morgan fingerprint density at radius 2 is 1.89 bits per heavy atom. The Kier molecular flexibility index (Phi) is 5.70. The molecule has 1 aliphatic heterocycles. The van der Waals surface area contributed by atoms with Gasteiger partial charge >= 0.3 is 5.97 Å². The Labute approximate surface area is 181 Å². The maximum atomic E-state index is 12.7. The predicted molar refractivity (Wildman–Crippen MR) is 112 cm³/mol. The molecule has 0 amide bonds. The van der Waals surface area contributed by atoms with Crippen LogP contribution >= 0.6 is 45.2 Å². The van der Waals surface area contributed by atoms with Crippen LogP contribution in [0.3, 0.4) is 0 Å². The number of fused-ring (bicyclic) bond motifs is 1. The van der Waals surface area contributed by atoms with Gasteiger partial charge in [-0.25, -0.2) is 4.79 Å². The minimum Gasteiger partial charge on any atom is -0.506 e. The Hall–Kier alpha value is -1.76. The second kappa shape index (κ2) is 7.70. The highest BCUT2D eigenvalue weighted by Crippen LogP contribution is 2.44. The topological polar surface area (TPSA) is 102 Å². The van der Waals surface area contributed by atoms with Crippen LogP contribution in [-0.2, 0) is 4.74 Å². The molecule has 2 N–H and O–H groups in total. The van der Waals surface area contributed by atoms with Gasteiger partial charge in [-0.3, -0.25) is 4.79 Å². The van der Waals surface area contributed by atoms with Crippen molar-refractivity contribution in [3.63, 3.8) is 0 Å². The molecule has 1 atom stereocenters. The van der Waals surface area contributed by atoms with Crippen molar-refractivity contribution in [2.75, 3.05) is 14.2 Å². The number of rotatable bonds is 5. The lowest BCUT2D eigenvalue weighted by Gasteiger charge is -2.13.